The molecule has 1 nitrogen and oxygen atoms in total. The third kappa shape index (κ3) is 3.51. The lowest BCUT2D eigenvalue weighted by atomic mass is 10.2. The Kier molecular flexibility index (Phi) is 3.97. The molecule has 0 bridgehead atoms. The molecule has 1 unspecified atom stereocenters. The van der Waals surface area contributed by atoms with Gasteiger partial charge in [-0.3, -0.25) is 0 Å². The number of aliphatic hydroxyl groups is 1. The maximum Gasteiger partial charge on any atom is 0.0696 e. The van der Waals surface area contributed by atoms with Crippen LogP contribution >= 0.6 is 27.5 Å². The van der Waals surface area contributed by atoms with Crippen molar-refractivity contribution in [3.05, 3.63) is 39.3 Å². The normalized spacial score (nSPS) is 13.5. The molecule has 70 valence electrons. The van der Waals surface area contributed by atoms with Gasteiger partial charge in [0.25, 0.3) is 0 Å². The van der Waals surface area contributed by atoms with Crippen molar-refractivity contribution < 1.29 is 5.11 Å². The predicted molar refractivity (Wildman–Crippen MR) is 59.9 cm³/mol. The van der Waals surface area contributed by atoms with Crippen LogP contribution in [-0.2, 0) is 0 Å². The molecule has 0 saturated carbocycles. The molecule has 0 aliphatic carbocycles. The van der Waals surface area contributed by atoms with Crippen LogP contribution in [-0.4, -0.2) is 11.2 Å². The molecule has 3 heteroatoms. The van der Waals surface area contributed by atoms with Crippen LogP contribution in [0.25, 0.3) is 6.08 Å². The van der Waals surface area contributed by atoms with Crippen molar-refractivity contribution in [2.24, 2.45) is 0 Å². The first-order valence-corrected chi connectivity index (χ1v) is 5.08. The molecule has 0 amide bonds. The summed E-state index contributed by atoms with van der Waals surface area (Å²) in [4.78, 5) is 0. The van der Waals surface area contributed by atoms with E-state index < -0.39 is 6.10 Å². The largest absolute Gasteiger partial charge is 0.389 e. The summed E-state index contributed by atoms with van der Waals surface area (Å²) in [7, 11) is 0. The Morgan fingerprint density at radius 3 is 2.77 bits per heavy atom. The lowest BCUT2D eigenvalue weighted by Gasteiger charge is -1.98. The SMILES string of the molecule is CC(O)/C=C/c1ccc(Br)c(Cl)c1. The van der Waals surface area contributed by atoms with Gasteiger partial charge in [0.2, 0.25) is 0 Å². The minimum absolute atomic E-state index is 0.428. The van der Waals surface area contributed by atoms with Crippen molar-refractivity contribution in [3.8, 4) is 0 Å². The van der Waals surface area contributed by atoms with E-state index in [0.29, 0.717) is 5.02 Å². The number of benzene rings is 1. The van der Waals surface area contributed by atoms with E-state index in [0.717, 1.165) is 10.0 Å². The van der Waals surface area contributed by atoms with E-state index in [9.17, 15) is 0 Å². The summed E-state index contributed by atoms with van der Waals surface area (Å²) in [5.41, 5.74) is 0.981. The quantitative estimate of drug-likeness (QED) is 0.864. The summed E-state index contributed by atoms with van der Waals surface area (Å²) in [6.45, 7) is 1.71. The summed E-state index contributed by atoms with van der Waals surface area (Å²) >= 11 is 9.19. The van der Waals surface area contributed by atoms with Gasteiger partial charge in [-0.1, -0.05) is 29.8 Å². The van der Waals surface area contributed by atoms with Gasteiger partial charge in [-0.2, -0.15) is 0 Å². The Labute approximate surface area is 91.2 Å². The smallest absolute Gasteiger partial charge is 0.0696 e. The average molecular weight is 262 g/mol. The van der Waals surface area contributed by atoms with E-state index in [-0.39, 0.29) is 0 Å². The van der Waals surface area contributed by atoms with Crippen LogP contribution in [0.2, 0.25) is 5.02 Å². The molecular formula is C10H10BrClO. The molecule has 0 aromatic heterocycles. The molecule has 0 aliphatic heterocycles. The van der Waals surface area contributed by atoms with Gasteiger partial charge in [-0.25, -0.2) is 0 Å². The molecular weight excluding hydrogens is 251 g/mol. The van der Waals surface area contributed by atoms with Crippen molar-refractivity contribution in [3.63, 3.8) is 0 Å². The second-order valence-electron chi connectivity index (χ2n) is 2.77. The summed E-state index contributed by atoms with van der Waals surface area (Å²) < 4.78 is 0.878. The van der Waals surface area contributed by atoms with E-state index in [1.807, 2.05) is 24.3 Å². The zero-order chi connectivity index (χ0) is 9.84. The first-order valence-electron chi connectivity index (χ1n) is 3.91. The zero-order valence-corrected chi connectivity index (χ0v) is 9.51. The van der Waals surface area contributed by atoms with E-state index in [4.69, 9.17) is 16.7 Å². The minimum atomic E-state index is -0.428. The monoisotopic (exact) mass is 260 g/mol. The Hall–Kier alpha value is -0.310. The van der Waals surface area contributed by atoms with Crippen LogP contribution in [0.15, 0.2) is 28.7 Å². The third-order valence-electron chi connectivity index (χ3n) is 1.51. The Bertz CT molecular complexity index is 321. The minimum Gasteiger partial charge on any atom is -0.389 e. The number of hydrogen-bond donors (Lipinski definition) is 1. The highest BCUT2D eigenvalue weighted by Crippen LogP contribution is 2.23. The maximum atomic E-state index is 9.01. The van der Waals surface area contributed by atoms with Gasteiger partial charge >= 0.3 is 0 Å². The molecule has 0 aliphatic rings. The van der Waals surface area contributed by atoms with Gasteiger partial charge in [-0.05, 0) is 40.5 Å². The van der Waals surface area contributed by atoms with E-state index in [2.05, 4.69) is 15.9 Å². The second-order valence-corrected chi connectivity index (χ2v) is 4.03. The number of halogens is 2. The van der Waals surface area contributed by atoms with Gasteiger partial charge in [-0.15, -0.1) is 0 Å². The molecule has 0 fully saturated rings. The highest BCUT2D eigenvalue weighted by molar-refractivity contribution is 9.10. The Morgan fingerprint density at radius 1 is 1.54 bits per heavy atom. The highest BCUT2D eigenvalue weighted by Gasteiger charge is 1.96. The van der Waals surface area contributed by atoms with Crippen molar-refractivity contribution in [1.29, 1.82) is 0 Å². The van der Waals surface area contributed by atoms with E-state index in [1.165, 1.54) is 0 Å². The van der Waals surface area contributed by atoms with Crippen molar-refractivity contribution in [1.82, 2.24) is 0 Å². The number of rotatable bonds is 2. The first kappa shape index (κ1) is 10.8. The standard InChI is InChI=1S/C10H10BrClO/c1-7(13)2-3-8-4-5-9(11)10(12)6-8/h2-7,13H,1H3/b3-2+. The van der Waals surface area contributed by atoms with Crippen LogP contribution in [0.1, 0.15) is 12.5 Å². The van der Waals surface area contributed by atoms with Crippen molar-refractivity contribution in [2.45, 2.75) is 13.0 Å². The van der Waals surface area contributed by atoms with Crippen LogP contribution in [0.3, 0.4) is 0 Å². The Morgan fingerprint density at radius 2 is 2.23 bits per heavy atom. The molecule has 0 saturated heterocycles. The van der Waals surface area contributed by atoms with Crippen molar-refractivity contribution >= 4 is 33.6 Å². The molecule has 1 N–H and O–H groups in total. The molecule has 0 heterocycles. The summed E-state index contributed by atoms with van der Waals surface area (Å²) in [6.07, 6.45) is 3.12. The van der Waals surface area contributed by atoms with Crippen LogP contribution in [0.5, 0.6) is 0 Å². The second kappa shape index (κ2) is 4.80. The fourth-order valence-electron chi connectivity index (χ4n) is 0.866. The van der Waals surface area contributed by atoms with Gasteiger partial charge in [0.1, 0.15) is 0 Å². The summed E-state index contributed by atoms with van der Waals surface area (Å²) in [5, 5.41) is 9.68. The predicted octanol–water partition coefficient (Wildman–Crippen LogP) is 3.50. The number of hydrogen-bond acceptors (Lipinski definition) is 1. The third-order valence-corrected chi connectivity index (χ3v) is 2.74. The summed E-state index contributed by atoms with van der Waals surface area (Å²) in [6, 6.07) is 5.64. The molecule has 1 aromatic rings. The summed E-state index contributed by atoms with van der Waals surface area (Å²) in [5.74, 6) is 0. The highest BCUT2D eigenvalue weighted by atomic mass is 79.9. The molecule has 1 rings (SSSR count). The average Bonchev–Trinajstić information content (AvgIpc) is 2.07. The fourth-order valence-corrected chi connectivity index (χ4v) is 1.30. The van der Waals surface area contributed by atoms with Gasteiger partial charge < -0.3 is 5.11 Å². The van der Waals surface area contributed by atoms with E-state index in [1.54, 1.807) is 13.0 Å². The van der Waals surface area contributed by atoms with Crippen molar-refractivity contribution in [2.75, 3.05) is 0 Å². The fraction of sp³-hybridized carbons (Fsp3) is 0.200. The molecule has 1 atom stereocenters. The van der Waals surface area contributed by atoms with Gasteiger partial charge in [0, 0.05) is 4.47 Å². The van der Waals surface area contributed by atoms with Crippen LogP contribution < -0.4 is 0 Å². The molecule has 0 radical (unpaired) electrons. The van der Waals surface area contributed by atoms with Gasteiger partial charge in [0.05, 0.1) is 11.1 Å². The molecule has 1 aromatic carbocycles. The molecule has 0 spiro atoms. The van der Waals surface area contributed by atoms with Gasteiger partial charge in [0.15, 0.2) is 0 Å². The first-order chi connectivity index (χ1) is 6.09. The topological polar surface area (TPSA) is 20.2 Å². The lowest BCUT2D eigenvalue weighted by molar-refractivity contribution is 0.245. The van der Waals surface area contributed by atoms with E-state index >= 15 is 0 Å². The Balaban J connectivity index is 2.85. The molecule has 13 heavy (non-hydrogen) atoms. The maximum absolute atomic E-state index is 9.01. The number of aliphatic hydroxyl groups excluding tert-OH is 1. The zero-order valence-electron chi connectivity index (χ0n) is 7.17. The van der Waals surface area contributed by atoms with Crippen LogP contribution in [0, 0.1) is 0 Å². The lowest BCUT2D eigenvalue weighted by Crippen LogP contribution is -1.91. The van der Waals surface area contributed by atoms with Crippen LogP contribution in [0.4, 0.5) is 0 Å².